The summed E-state index contributed by atoms with van der Waals surface area (Å²) in [6.45, 7) is 0.706. The standard InChI is InChI=1S/C22H21NO3S/c1-24-20-13-7-11-18(22(23)27)21(20)26-15-14-25-19-12-6-5-10-17(19)16-8-3-2-4-9-16/h2-13H,14-15H2,1H3,(H2,23,27). The van der Waals surface area contributed by atoms with Crippen molar-refractivity contribution >= 4 is 17.2 Å². The SMILES string of the molecule is COc1cccc(C(N)=S)c1OCCOc1ccccc1-c1ccccc1. The van der Waals surface area contributed by atoms with Gasteiger partial charge >= 0.3 is 0 Å². The molecule has 138 valence electrons. The monoisotopic (exact) mass is 379 g/mol. The van der Waals surface area contributed by atoms with E-state index in [4.69, 9.17) is 32.2 Å². The van der Waals surface area contributed by atoms with Gasteiger partial charge < -0.3 is 19.9 Å². The van der Waals surface area contributed by atoms with Gasteiger partial charge in [0.15, 0.2) is 11.5 Å². The fraction of sp³-hybridized carbons (Fsp3) is 0.136. The van der Waals surface area contributed by atoms with Crippen molar-refractivity contribution in [2.45, 2.75) is 0 Å². The first-order chi connectivity index (χ1) is 13.2. The number of nitrogens with two attached hydrogens (primary N) is 1. The minimum atomic E-state index is 0.263. The highest BCUT2D eigenvalue weighted by Gasteiger charge is 2.13. The molecule has 0 fully saturated rings. The zero-order chi connectivity index (χ0) is 19.1. The highest BCUT2D eigenvalue weighted by Crippen LogP contribution is 2.32. The van der Waals surface area contributed by atoms with Crippen LogP contribution in [0.25, 0.3) is 11.1 Å². The van der Waals surface area contributed by atoms with Gasteiger partial charge in [-0.25, -0.2) is 0 Å². The van der Waals surface area contributed by atoms with Gasteiger partial charge in [-0.2, -0.15) is 0 Å². The number of ether oxygens (including phenoxy) is 3. The Hall–Kier alpha value is -3.05. The Labute approximate surface area is 164 Å². The van der Waals surface area contributed by atoms with Crippen LogP contribution in [0, 0.1) is 0 Å². The van der Waals surface area contributed by atoms with Crippen molar-refractivity contribution < 1.29 is 14.2 Å². The molecule has 2 N–H and O–H groups in total. The van der Waals surface area contributed by atoms with E-state index >= 15 is 0 Å². The lowest BCUT2D eigenvalue weighted by molar-refractivity contribution is 0.211. The van der Waals surface area contributed by atoms with E-state index in [1.807, 2.05) is 60.7 Å². The fourth-order valence-corrected chi connectivity index (χ4v) is 2.92. The molecule has 0 aromatic heterocycles. The van der Waals surface area contributed by atoms with E-state index in [2.05, 4.69) is 12.1 Å². The Kier molecular flexibility index (Phi) is 6.28. The summed E-state index contributed by atoms with van der Waals surface area (Å²) in [7, 11) is 1.58. The van der Waals surface area contributed by atoms with Crippen LogP contribution in [-0.4, -0.2) is 25.3 Å². The van der Waals surface area contributed by atoms with E-state index < -0.39 is 0 Å². The Balaban J connectivity index is 1.68. The summed E-state index contributed by atoms with van der Waals surface area (Å²) in [5.74, 6) is 1.93. The molecular weight excluding hydrogens is 358 g/mol. The average molecular weight is 379 g/mol. The van der Waals surface area contributed by atoms with E-state index in [1.54, 1.807) is 7.11 Å². The fourth-order valence-electron chi connectivity index (χ4n) is 2.76. The molecule has 0 saturated carbocycles. The normalized spacial score (nSPS) is 10.3. The second kappa shape index (κ2) is 9.05. The second-order valence-corrected chi connectivity index (χ2v) is 6.20. The molecule has 0 radical (unpaired) electrons. The van der Waals surface area contributed by atoms with Crippen LogP contribution in [0.4, 0.5) is 0 Å². The van der Waals surface area contributed by atoms with Crippen LogP contribution in [0.5, 0.6) is 17.2 Å². The van der Waals surface area contributed by atoms with E-state index in [0.29, 0.717) is 30.3 Å². The molecule has 0 atom stereocenters. The van der Waals surface area contributed by atoms with Crippen LogP contribution in [-0.2, 0) is 0 Å². The Bertz CT molecular complexity index is 912. The highest BCUT2D eigenvalue weighted by molar-refractivity contribution is 7.80. The van der Waals surface area contributed by atoms with Crippen LogP contribution < -0.4 is 19.9 Å². The summed E-state index contributed by atoms with van der Waals surface area (Å²) in [4.78, 5) is 0.263. The Morgan fingerprint density at radius 3 is 2.22 bits per heavy atom. The number of methoxy groups -OCH3 is 1. The van der Waals surface area contributed by atoms with Crippen LogP contribution in [0.2, 0.25) is 0 Å². The first-order valence-corrected chi connectivity index (χ1v) is 8.98. The van der Waals surface area contributed by atoms with Crippen molar-refractivity contribution in [2.75, 3.05) is 20.3 Å². The zero-order valence-electron chi connectivity index (χ0n) is 15.1. The molecule has 0 saturated heterocycles. The molecule has 0 amide bonds. The van der Waals surface area contributed by atoms with E-state index in [9.17, 15) is 0 Å². The quantitative estimate of drug-likeness (QED) is 0.463. The Morgan fingerprint density at radius 2 is 1.48 bits per heavy atom. The molecule has 3 aromatic carbocycles. The molecule has 0 aliphatic carbocycles. The van der Waals surface area contributed by atoms with Crippen molar-refractivity contribution in [1.82, 2.24) is 0 Å². The maximum absolute atomic E-state index is 5.96. The summed E-state index contributed by atoms with van der Waals surface area (Å²) in [6.07, 6.45) is 0. The molecule has 27 heavy (non-hydrogen) atoms. The van der Waals surface area contributed by atoms with Gasteiger partial charge in [0, 0.05) is 5.56 Å². The number of hydrogen-bond acceptors (Lipinski definition) is 4. The predicted octanol–water partition coefficient (Wildman–Crippen LogP) is 4.45. The van der Waals surface area contributed by atoms with Gasteiger partial charge in [-0.1, -0.05) is 66.8 Å². The van der Waals surface area contributed by atoms with Crippen molar-refractivity contribution in [3.63, 3.8) is 0 Å². The Morgan fingerprint density at radius 1 is 0.815 bits per heavy atom. The third-order valence-electron chi connectivity index (χ3n) is 4.02. The molecule has 3 aromatic rings. The topological polar surface area (TPSA) is 53.7 Å². The summed E-state index contributed by atoms with van der Waals surface area (Å²) in [5.41, 5.74) is 8.58. The number of para-hydroxylation sites is 2. The molecule has 0 heterocycles. The predicted molar refractivity (Wildman–Crippen MR) is 112 cm³/mol. The van der Waals surface area contributed by atoms with Crippen molar-refractivity contribution in [3.05, 3.63) is 78.4 Å². The lowest BCUT2D eigenvalue weighted by Gasteiger charge is -2.15. The maximum atomic E-state index is 5.96. The van der Waals surface area contributed by atoms with Gasteiger partial charge in [-0.3, -0.25) is 0 Å². The average Bonchev–Trinajstić information content (AvgIpc) is 2.72. The molecule has 0 unspecified atom stereocenters. The smallest absolute Gasteiger partial charge is 0.171 e. The van der Waals surface area contributed by atoms with Gasteiger partial charge in [-0.15, -0.1) is 0 Å². The van der Waals surface area contributed by atoms with Crippen molar-refractivity contribution in [1.29, 1.82) is 0 Å². The summed E-state index contributed by atoms with van der Waals surface area (Å²) in [6, 6.07) is 23.5. The molecule has 5 heteroatoms. The number of rotatable bonds is 8. The molecule has 3 rings (SSSR count). The first kappa shape index (κ1) is 18.7. The van der Waals surface area contributed by atoms with Crippen LogP contribution in [0.15, 0.2) is 72.8 Å². The van der Waals surface area contributed by atoms with Gasteiger partial charge in [-0.05, 0) is 23.8 Å². The van der Waals surface area contributed by atoms with Crippen LogP contribution in [0.1, 0.15) is 5.56 Å². The minimum Gasteiger partial charge on any atom is -0.493 e. The summed E-state index contributed by atoms with van der Waals surface area (Å²) in [5, 5.41) is 0. The maximum Gasteiger partial charge on any atom is 0.171 e. The van der Waals surface area contributed by atoms with Crippen molar-refractivity contribution in [3.8, 4) is 28.4 Å². The third-order valence-corrected chi connectivity index (χ3v) is 4.24. The largest absolute Gasteiger partial charge is 0.493 e. The van der Waals surface area contributed by atoms with Gasteiger partial charge in [0.05, 0.1) is 12.7 Å². The third kappa shape index (κ3) is 4.57. The molecule has 0 spiro atoms. The highest BCUT2D eigenvalue weighted by atomic mass is 32.1. The summed E-state index contributed by atoms with van der Waals surface area (Å²) >= 11 is 5.09. The number of benzene rings is 3. The second-order valence-electron chi connectivity index (χ2n) is 5.76. The van der Waals surface area contributed by atoms with E-state index in [-0.39, 0.29) is 4.99 Å². The summed E-state index contributed by atoms with van der Waals surface area (Å²) < 4.78 is 17.2. The van der Waals surface area contributed by atoms with Gasteiger partial charge in [0.25, 0.3) is 0 Å². The number of hydrogen-bond donors (Lipinski definition) is 1. The number of thiocarbonyl (C=S) groups is 1. The van der Waals surface area contributed by atoms with E-state index in [0.717, 1.165) is 16.9 Å². The van der Waals surface area contributed by atoms with Crippen LogP contribution in [0.3, 0.4) is 0 Å². The first-order valence-electron chi connectivity index (χ1n) is 8.57. The molecule has 0 bridgehead atoms. The molecule has 4 nitrogen and oxygen atoms in total. The van der Waals surface area contributed by atoms with Crippen LogP contribution >= 0.6 is 12.2 Å². The van der Waals surface area contributed by atoms with Crippen molar-refractivity contribution in [2.24, 2.45) is 5.73 Å². The van der Waals surface area contributed by atoms with Gasteiger partial charge in [0.1, 0.15) is 24.0 Å². The lowest BCUT2D eigenvalue weighted by Crippen LogP contribution is -2.15. The molecule has 0 aliphatic heterocycles. The zero-order valence-corrected chi connectivity index (χ0v) is 15.9. The molecular formula is C22H21NO3S. The minimum absolute atomic E-state index is 0.263. The van der Waals surface area contributed by atoms with Gasteiger partial charge in [0.2, 0.25) is 0 Å². The lowest BCUT2D eigenvalue weighted by atomic mass is 10.1. The van der Waals surface area contributed by atoms with E-state index in [1.165, 1.54) is 0 Å². The molecule has 0 aliphatic rings.